The van der Waals surface area contributed by atoms with Crippen LogP contribution in [0.1, 0.15) is 18.5 Å². The van der Waals surface area contributed by atoms with Crippen LogP contribution in [-0.4, -0.2) is 4.92 Å². The molecule has 1 N–H and O–H groups in total. The van der Waals surface area contributed by atoms with Gasteiger partial charge in [-0.3, -0.25) is 10.1 Å². The van der Waals surface area contributed by atoms with Gasteiger partial charge in [0, 0.05) is 12.1 Å². The molecule has 0 fully saturated rings. The number of nitrogens with one attached hydrogen (secondary N) is 1. The Hall–Kier alpha value is -1.95. The first-order valence-corrected chi connectivity index (χ1v) is 6.25. The van der Waals surface area contributed by atoms with Crippen LogP contribution in [0.2, 0.25) is 0 Å². The van der Waals surface area contributed by atoms with Gasteiger partial charge in [-0.15, -0.1) is 0 Å². The zero-order valence-corrected chi connectivity index (χ0v) is 10.4. The van der Waals surface area contributed by atoms with Crippen LogP contribution in [0.3, 0.4) is 0 Å². The Bertz CT molecular complexity index is 557. The van der Waals surface area contributed by atoms with Gasteiger partial charge < -0.3 is 5.32 Å². The number of anilines is 1. The summed E-state index contributed by atoms with van der Waals surface area (Å²) in [4.78, 5) is 9.88. The van der Waals surface area contributed by atoms with Crippen LogP contribution in [0, 0.1) is 15.9 Å². The minimum Gasteiger partial charge on any atom is -0.376 e. The Kier molecular flexibility index (Phi) is 3.57. The van der Waals surface area contributed by atoms with Crippen molar-refractivity contribution >= 4 is 22.7 Å². The van der Waals surface area contributed by atoms with Crippen molar-refractivity contribution in [3.63, 3.8) is 0 Å². The van der Waals surface area contributed by atoms with Crippen LogP contribution in [0.4, 0.5) is 15.8 Å². The third-order valence-corrected chi connectivity index (χ3v) is 3.28. The quantitative estimate of drug-likeness (QED) is 0.673. The van der Waals surface area contributed by atoms with Gasteiger partial charge in [0.2, 0.25) is 0 Å². The summed E-state index contributed by atoms with van der Waals surface area (Å²) in [6.45, 7) is 1.91. The molecule has 0 aliphatic carbocycles. The van der Waals surface area contributed by atoms with Gasteiger partial charge in [-0.25, -0.2) is 4.39 Å². The summed E-state index contributed by atoms with van der Waals surface area (Å²) in [6.07, 6.45) is 0. The summed E-state index contributed by atoms with van der Waals surface area (Å²) < 4.78 is 13.6. The lowest BCUT2D eigenvalue weighted by Crippen LogP contribution is -2.07. The van der Waals surface area contributed by atoms with Crippen LogP contribution in [-0.2, 0) is 0 Å². The van der Waals surface area contributed by atoms with Crippen molar-refractivity contribution in [2.75, 3.05) is 5.32 Å². The number of non-ortho nitro benzene ring substituents is 1. The topological polar surface area (TPSA) is 55.2 Å². The summed E-state index contributed by atoms with van der Waals surface area (Å²) in [7, 11) is 0. The van der Waals surface area contributed by atoms with Gasteiger partial charge in [0.15, 0.2) is 5.82 Å². The van der Waals surface area contributed by atoms with Crippen molar-refractivity contribution in [1.82, 2.24) is 0 Å². The molecule has 94 valence electrons. The molecule has 1 heterocycles. The van der Waals surface area contributed by atoms with Crippen LogP contribution >= 0.6 is 11.3 Å². The average Bonchev–Trinajstić information content (AvgIpc) is 2.85. The molecule has 0 bridgehead atoms. The summed E-state index contributed by atoms with van der Waals surface area (Å²) >= 11 is 1.57. The van der Waals surface area contributed by atoms with Gasteiger partial charge in [0.1, 0.15) is 0 Å². The summed E-state index contributed by atoms with van der Waals surface area (Å²) in [5.74, 6) is -0.619. The molecule has 0 saturated carbocycles. The SMILES string of the molecule is CC(Nc1ccc([N+](=O)[O-])cc1F)c1ccsc1. The van der Waals surface area contributed by atoms with Crippen LogP contribution < -0.4 is 5.32 Å². The molecule has 2 rings (SSSR count). The van der Waals surface area contributed by atoms with E-state index in [2.05, 4.69) is 5.32 Å². The molecule has 0 spiro atoms. The standard InChI is InChI=1S/C12H11FN2O2S/c1-8(9-4-5-18-7-9)14-12-3-2-10(15(16)17)6-11(12)13/h2-8,14H,1H3. The van der Waals surface area contributed by atoms with E-state index < -0.39 is 10.7 Å². The smallest absolute Gasteiger partial charge is 0.272 e. The molecular formula is C12H11FN2O2S. The number of benzene rings is 1. The van der Waals surface area contributed by atoms with Crippen molar-refractivity contribution in [2.24, 2.45) is 0 Å². The van der Waals surface area contributed by atoms with Gasteiger partial charge in [0.05, 0.1) is 16.7 Å². The van der Waals surface area contributed by atoms with Crippen molar-refractivity contribution < 1.29 is 9.31 Å². The second-order valence-corrected chi connectivity index (χ2v) is 4.62. The van der Waals surface area contributed by atoms with Crippen molar-refractivity contribution in [3.05, 3.63) is 56.5 Å². The van der Waals surface area contributed by atoms with Gasteiger partial charge in [-0.1, -0.05) is 0 Å². The molecule has 0 amide bonds. The Morgan fingerprint density at radius 2 is 2.22 bits per heavy atom. The maximum Gasteiger partial charge on any atom is 0.272 e. The van der Waals surface area contributed by atoms with Crippen LogP contribution in [0.15, 0.2) is 35.0 Å². The number of hydrogen-bond donors (Lipinski definition) is 1. The summed E-state index contributed by atoms with van der Waals surface area (Å²) in [5.41, 5.74) is 1.07. The fraction of sp³-hybridized carbons (Fsp3) is 0.167. The minimum absolute atomic E-state index is 0.0489. The zero-order chi connectivity index (χ0) is 13.1. The van der Waals surface area contributed by atoms with E-state index in [1.807, 2.05) is 23.8 Å². The molecule has 0 aliphatic rings. The maximum absolute atomic E-state index is 13.6. The van der Waals surface area contributed by atoms with E-state index in [4.69, 9.17) is 0 Å². The molecule has 4 nitrogen and oxygen atoms in total. The van der Waals surface area contributed by atoms with Crippen molar-refractivity contribution in [3.8, 4) is 0 Å². The monoisotopic (exact) mass is 266 g/mol. The van der Waals surface area contributed by atoms with Crippen LogP contribution in [0.5, 0.6) is 0 Å². The third kappa shape index (κ3) is 2.65. The number of nitrogens with zero attached hydrogens (tertiary/aromatic N) is 1. The van der Waals surface area contributed by atoms with E-state index in [9.17, 15) is 14.5 Å². The predicted octanol–water partition coefficient (Wildman–Crippen LogP) is 3.97. The molecule has 0 radical (unpaired) electrons. The molecule has 2 aromatic rings. The van der Waals surface area contributed by atoms with Gasteiger partial charge in [-0.05, 0) is 35.4 Å². The average molecular weight is 266 g/mol. The van der Waals surface area contributed by atoms with Crippen molar-refractivity contribution in [2.45, 2.75) is 13.0 Å². The first kappa shape index (κ1) is 12.5. The molecule has 1 aromatic heterocycles. The number of nitro benzene ring substituents is 1. The van der Waals surface area contributed by atoms with E-state index in [0.29, 0.717) is 0 Å². The molecule has 1 unspecified atom stereocenters. The first-order valence-electron chi connectivity index (χ1n) is 5.30. The Balaban J connectivity index is 2.17. The molecular weight excluding hydrogens is 255 g/mol. The molecule has 1 atom stereocenters. The first-order chi connectivity index (χ1) is 8.58. The van der Waals surface area contributed by atoms with Gasteiger partial charge in [0.25, 0.3) is 5.69 Å². The number of hydrogen-bond acceptors (Lipinski definition) is 4. The van der Waals surface area contributed by atoms with E-state index >= 15 is 0 Å². The van der Waals surface area contributed by atoms with E-state index in [-0.39, 0.29) is 17.4 Å². The third-order valence-electron chi connectivity index (χ3n) is 2.58. The largest absolute Gasteiger partial charge is 0.376 e. The lowest BCUT2D eigenvalue weighted by molar-refractivity contribution is -0.385. The lowest BCUT2D eigenvalue weighted by Gasteiger charge is -2.14. The number of halogens is 1. The highest BCUT2D eigenvalue weighted by Crippen LogP contribution is 2.25. The summed E-state index contributed by atoms with van der Waals surface area (Å²) in [6, 6.07) is 5.49. The highest BCUT2D eigenvalue weighted by molar-refractivity contribution is 7.07. The van der Waals surface area contributed by atoms with Gasteiger partial charge >= 0.3 is 0 Å². The highest BCUT2D eigenvalue weighted by atomic mass is 32.1. The van der Waals surface area contributed by atoms with Crippen LogP contribution in [0.25, 0.3) is 0 Å². The van der Waals surface area contributed by atoms with E-state index in [1.54, 1.807) is 11.3 Å². The molecule has 1 aromatic carbocycles. The number of rotatable bonds is 4. The van der Waals surface area contributed by atoms with Gasteiger partial charge in [-0.2, -0.15) is 11.3 Å². The Labute approximate surface area is 107 Å². The fourth-order valence-corrected chi connectivity index (χ4v) is 2.33. The highest BCUT2D eigenvalue weighted by Gasteiger charge is 2.13. The lowest BCUT2D eigenvalue weighted by atomic mass is 10.1. The second kappa shape index (κ2) is 5.14. The number of thiophene rings is 1. The molecule has 0 aliphatic heterocycles. The minimum atomic E-state index is -0.619. The molecule has 6 heteroatoms. The molecule has 0 saturated heterocycles. The van der Waals surface area contributed by atoms with E-state index in [0.717, 1.165) is 11.6 Å². The summed E-state index contributed by atoms with van der Waals surface area (Å²) in [5, 5.41) is 17.4. The predicted molar refractivity (Wildman–Crippen MR) is 69.4 cm³/mol. The second-order valence-electron chi connectivity index (χ2n) is 3.84. The zero-order valence-electron chi connectivity index (χ0n) is 9.59. The number of nitro groups is 1. The normalized spacial score (nSPS) is 12.1. The Morgan fingerprint density at radius 3 is 2.78 bits per heavy atom. The van der Waals surface area contributed by atoms with E-state index in [1.165, 1.54) is 12.1 Å². The maximum atomic E-state index is 13.6. The fourth-order valence-electron chi connectivity index (χ4n) is 1.57. The molecule has 18 heavy (non-hydrogen) atoms. The Morgan fingerprint density at radius 1 is 1.44 bits per heavy atom. The van der Waals surface area contributed by atoms with Crippen molar-refractivity contribution in [1.29, 1.82) is 0 Å².